The van der Waals surface area contributed by atoms with E-state index in [4.69, 9.17) is 0 Å². The summed E-state index contributed by atoms with van der Waals surface area (Å²) in [6.07, 6.45) is 0. The van der Waals surface area contributed by atoms with E-state index in [1.165, 1.54) is 0 Å². The number of aromatic amines is 1. The van der Waals surface area contributed by atoms with Crippen LogP contribution >= 0.6 is 0 Å². The van der Waals surface area contributed by atoms with Gasteiger partial charge in [0.15, 0.2) is 0 Å². The molecule has 0 unspecified atom stereocenters. The third-order valence-electron chi connectivity index (χ3n) is 2.06. The smallest absolute Gasteiger partial charge is 0.291 e. The molecule has 0 atom stereocenters. The quantitative estimate of drug-likeness (QED) is 0.632. The fourth-order valence-electron chi connectivity index (χ4n) is 1.08. The normalized spacial score (nSPS) is 11.5. The number of aromatic nitrogens is 3. The molecule has 1 rings (SSSR count). The van der Waals surface area contributed by atoms with Crippen LogP contribution in [0.25, 0.3) is 0 Å². The molecule has 0 aliphatic heterocycles. The second-order valence-corrected chi connectivity index (χ2v) is 4.62. The number of hydrogen-bond donors (Lipinski definition) is 3. The zero-order valence-electron chi connectivity index (χ0n) is 10.2. The van der Waals surface area contributed by atoms with Crippen LogP contribution in [0, 0.1) is 0 Å². The highest BCUT2D eigenvalue weighted by Gasteiger charge is 2.20. The minimum absolute atomic E-state index is 0.128. The second kappa shape index (κ2) is 5.07. The Labute approximate surface area is 95.2 Å². The van der Waals surface area contributed by atoms with Crippen molar-refractivity contribution in [2.75, 3.05) is 20.1 Å². The molecule has 1 amide bonds. The summed E-state index contributed by atoms with van der Waals surface area (Å²) in [6.45, 7) is 7.32. The van der Waals surface area contributed by atoms with Crippen molar-refractivity contribution >= 4 is 5.91 Å². The zero-order chi connectivity index (χ0) is 12.2. The van der Waals surface area contributed by atoms with E-state index in [0.29, 0.717) is 12.4 Å². The van der Waals surface area contributed by atoms with Gasteiger partial charge in [-0.1, -0.05) is 20.8 Å². The first-order chi connectivity index (χ1) is 7.45. The minimum Gasteiger partial charge on any atom is -0.348 e. The molecular weight excluding hydrogens is 206 g/mol. The molecule has 1 heterocycles. The van der Waals surface area contributed by atoms with E-state index in [0.717, 1.165) is 6.54 Å². The first-order valence-corrected chi connectivity index (χ1v) is 5.31. The summed E-state index contributed by atoms with van der Waals surface area (Å²) in [4.78, 5) is 15.7. The number of amides is 1. The Morgan fingerprint density at radius 1 is 1.38 bits per heavy atom. The molecule has 0 aliphatic carbocycles. The maximum Gasteiger partial charge on any atom is 0.291 e. The lowest BCUT2D eigenvalue weighted by Gasteiger charge is -2.12. The van der Waals surface area contributed by atoms with Crippen molar-refractivity contribution in [2.45, 2.75) is 26.2 Å². The van der Waals surface area contributed by atoms with Crippen LogP contribution in [0.2, 0.25) is 0 Å². The third kappa shape index (κ3) is 3.30. The van der Waals surface area contributed by atoms with Crippen LogP contribution < -0.4 is 10.6 Å². The van der Waals surface area contributed by atoms with Gasteiger partial charge in [0.05, 0.1) is 0 Å². The Hall–Kier alpha value is -1.43. The average Bonchev–Trinajstić information content (AvgIpc) is 2.66. The highest BCUT2D eigenvalue weighted by Crippen LogP contribution is 2.17. The van der Waals surface area contributed by atoms with Gasteiger partial charge < -0.3 is 10.6 Å². The third-order valence-corrected chi connectivity index (χ3v) is 2.06. The molecule has 3 N–H and O–H groups in total. The van der Waals surface area contributed by atoms with E-state index in [2.05, 4.69) is 25.8 Å². The first kappa shape index (κ1) is 12.6. The first-order valence-electron chi connectivity index (χ1n) is 5.31. The topological polar surface area (TPSA) is 82.7 Å². The molecule has 1 aromatic rings. The summed E-state index contributed by atoms with van der Waals surface area (Å²) in [5.41, 5.74) is -0.128. The van der Waals surface area contributed by atoms with Crippen LogP contribution in [0.4, 0.5) is 0 Å². The van der Waals surface area contributed by atoms with Gasteiger partial charge in [0.1, 0.15) is 5.82 Å². The molecule has 0 saturated carbocycles. The molecule has 16 heavy (non-hydrogen) atoms. The number of rotatable bonds is 4. The summed E-state index contributed by atoms with van der Waals surface area (Å²) in [6, 6.07) is 0. The molecule has 90 valence electrons. The van der Waals surface area contributed by atoms with E-state index in [1.807, 2.05) is 27.8 Å². The predicted molar refractivity (Wildman–Crippen MR) is 61.3 cm³/mol. The lowest BCUT2D eigenvalue weighted by Crippen LogP contribution is -2.31. The number of carbonyl (C=O) groups excluding carboxylic acids is 1. The van der Waals surface area contributed by atoms with E-state index in [1.54, 1.807) is 0 Å². The van der Waals surface area contributed by atoms with E-state index >= 15 is 0 Å². The number of carbonyl (C=O) groups is 1. The number of hydrogen-bond acceptors (Lipinski definition) is 4. The highest BCUT2D eigenvalue weighted by molar-refractivity contribution is 5.90. The molecule has 0 spiro atoms. The van der Waals surface area contributed by atoms with Crippen LogP contribution in [0.3, 0.4) is 0 Å². The molecule has 0 fully saturated rings. The van der Waals surface area contributed by atoms with E-state index < -0.39 is 0 Å². The molecule has 0 bridgehead atoms. The fourth-order valence-corrected chi connectivity index (χ4v) is 1.08. The predicted octanol–water partition coefficient (Wildman–Crippen LogP) is 0.0514. The van der Waals surface area contributed by atoms with Crippen molar-refractivity contribution in [1.82, 2.24) is 25.8 Å². The maximum absolute atomic E-state index is 11.6. The summed E-state index contributed by atoms with van der Waals surface area (Å²) in [7, 11) is 1.83. The molecule has 0 radical (unpaired) electrons. The molecule has 1 aromatic heterocycles. The Morgan fingerprint density at radius 3 is 2.56 bits per heavy atom. The monoisotopic (exact) mass is 225 g/mol. The lowest BCUT2D eigenvalue weighted by atomic mass is 9.96. The largest absolute Gasteiger partial charge is 0.348 e. The summed E-state index contributed by atoms with van der Waals surface area (Å²) >= 11 is 0. The van der Waals surface area contributed by atoms with Crippen LogP contribution in [0.5, 0.6) is 0 Å². The molecular formula is C10H19N5O. The Balaban J connectivity index is 2.60. The van der Waals surface area contributed by atoms with Gasteiger partial charge in [-0.3, -0.25) is 9.89 Å². The molecule has 0 aromatic carbocycles. The lowest BCUT2D eigenvalue weighted by molar-refractivity contribution is 0.0944. The highest BCUT2D eigenvalue weighted by atomic mass is 16.2. The molecule has 6 heteroatoms. The maximum atomic E-state index is 11.6. The molecule has 0 saturated heterocycles. The van der Waals surface area contributed by atoms with Crippen molar-refractivity contribution in [3.8, 4) is 0 Å². The second-order valence-electron chi connectivity index (χ2n) is 4.62. The van der Waals surface area contributed by atoms with Gasteiger partial charge in [-0.2, -0.15) is 0 Å². The van der Waals surface area contributed by atoms with Gasteiger partial charge in [-0.05, 0) is 7.05 Å². The molecule has 0 aliphatic rings. The zero-order valence-corrected chi connectivity index (χ0v) is 10.2. The van der Waals surface area contributed by atoms with Crippen LogP contribution in [0.1, 0.15) is 37.2 Å². The van der Waals surface area contributed by atoms with E-state index in [9.17, 15) is 4.79 Å². The minimum atomic E-state index is -0.248. The van der Waals surface area contributed by atoms with Gasteiger partial charge in [-0.25, -0.2) is 4.98 Å². The van der Waals surface area contributed by atoms with Gasteiger partial charge in [0.2, 0.25) is 5.82 Å². The molecule has 6 nitrogen and oxygen atoms in total. The standard InChI is InChI=1S/C10H19N5O/c1-10(2,3)9-13-7(14-15-9)8(16)12-6-5-11-4/h11H,5-6H2,1-4H3,(H,12,16)(H,13,14,15). The van der Waals surface area contributed by atoms with E-state index in [-0.39, 0.29) is 17.1 Å². The van der Waals surface area contributed by atoms with Crippen molar-refractivity contribution in [2.24, 2.45) is 0 Å². The van der Waals surface area contributed by atoms with Gasteiger partial charge >= 0.3 is 0 Å². The van der Waals surface area contributed by atoms with Crippen molar-refractivity contribution in [1.29, 1.82) is 0 Å². The fraction of sp³-hybridized carbons (Fsp3) is 0.700. The Bertz CT molecular complexity index is 352. The van der Waals surface area contributed by atoms with Crippen molar-refractivity contribution in [3.05, 3.63) is 11.6 Å². The van der Waals surface area contributed by atoms with Gasteiger partial charge in [0, 0.05) is 18.5 Å². The van der Waals surface area contributed by atoms with Gasteiger partial charge in [0.25, 0.3) is 5.91 Å². The number of nitrogens with zero attached hydrogens (tertiary/aromatic N) is 2. The van der Waals surface area contributed by atoms with Crippen molar-refractivity contribution in [3.63, 3.8) is 0 Å². The average molecular weight is 225 g/mol. The Kier molecular flexibility index (Phi) is 4.00. The summed E-state index contributed by atoms with van der Waals surface area (Å²) in [5.74, 6) is 0.661. The number of likely N-dealkylation sites (N-methyl/N-ethyl adjacent to an activating group) is 1. The van der Waals surface area contributed by atoms with Crippen molar-refractivity contribution < 1.29 is 4.79 Å². The van der Waals surface area contributed by atoms with Gasteiger partial charge in [-0.15, -0.1) is 5.10 Å². The van der Waals surface area contributed by atoms with Crippen LogP contribution in [-0.4, -0.2) is 41.2 Å². The summed E-state index contributed by atoms with van der Waals surface area (Å²) < 4.78 is 0. The number of nitrogens with one attached hydrogen (secondary N) is 3. The van der Waals surface area contributed by atoms with Crippen LogP contribution in [0.15, 0.2) is 0 Å². The SMILES string of the molecule is CNCCNC(=O)c1n[nH]c(C(C)(C)C)n1. The van der Waals surface area contributed by atoms with Crippen LogP contribution in [-0.2, 0) is 5.41 Å². The number of H-pyrrole nitrogens is 1. The Morgan fingerprint density at radius 2 is 2.06 bits per heavy atom. The summed E-state index contributed by atoms with van der Waals surface area (Å²) in [5, 5.41) is 12.3.